The lowest BCUT2D eigenvalue weighted by Crippen LogP contribution is -2.56. The Kier molecular flexibility index (Phi) is 11.3. The van der Waals surface area contributed by atoms with Gasteiger partial charge >= 0.3 is 18.0 Å². The van der Waals surface area contributed by atoms with Crippen molar-refractivity contribution in [3.8, 4) is 0 Å². The number of amides is 3. The largest absolute Gasteiger partial charge is 0.459 e. The van der Waals surface area contributed by atoms with E-state index < -0.39 is 29.5 Å². The maximum atomic E-state index is 12.8. The summed E-state index contributed by atoms with van der Waals surface area (Å²) in [6.07, 6.45) is -0.683. The SMILES string of the molecule is CCOC(=O)C(=O)NN(CC(C)C)C(=O)CN(CC(C)C)NC(=O)OC(C)(C)C. The van der Waals surface area contributed by atoms with Gasteiger partial charge in [0.15, 0.2) is 0 Å². The molecule has 0 spiro atoms. The molecule has 0 aliphatic carbocycles. The number of hydrazine groups is 2. The highest BCUT2D eigenvalue weighted by atomic mass is 16.6. The summed E-state index contributed by atoms with van der Waals surface area (Å²) in [6, 6.07) is 0. The van der Waals surface area contributed by atoms with Crippen molar-refractivity contribution in [3.63, 3.8) is 0 Å². The Morgan fingerprint density at radius 2 is 1.48 bits per heavy atom. The third-order valence-electron chi connectivity index (χ3n) is 3.11. The van der Waals surface area contributed by atoms with E-state index in [0.29, 0.717) is 6.54 Å². The lowest BCUT2D eigenvalue weighted by molar-refractivity contribution is -0.159. The van der Waals surface area contributed by atoms with E-state index in [9.17, 15) is 19.2 Å². The molecule has 0 saturated carbocycles. The zero-order valence-corrected chi connectivity index (χ0v) is 18.8. The zero-order valence-electron chi connectivity index (χ0n) is 18.8. The van der Waals surface area contributed by atoms with Crippen molar-refractivity contribution in [1.82, 2.24) is 20.9 Å². The van der Waals surface area contributed by atoms with E-state index in [2.05, 4.69) is 15.6 Å². The maximum Gasteiger partial charge on any atom is 0.422 e. The number of nitrogens with zero attached hydrogens (tertiary/aromatic N) is 2. The molecule has 10 heteroatoms. The number of rotatable bonds is 8. The second kappa shape index (κ2) is 12.3. The van der Waals surface area contributed by atoms with Crippen molar-refractivity contribution < 1.29 is 28.7 Å². The van der Waals surface area contributed by atoms with Crippen molar-refractivity contribution in [1.29, 1.82) is 0 Å². The van der Waals surface area contributed by atoms with Gasteiger partial charge in [0.05, 0.1) is 13.2 Å². The first kappa shape index (κ1) is 26.6. The molecule has 0 aromatic carbocycles. The third kappa shape index (κ3) is 12.7. The molecular weight excluding hydrogens is 380 g/mol. The van der Waals surface area contributed by atoms with Crippen molar-refractivity contribution in [3.05, 3.63) is 0 Å². The minimum Gasteiger partial charge on any atom is -0.459 e. The van der Waals surface area contributed by atoms with E-state index in [0.717, 1.165) is 5.01 Å². The fraction of sp³-hybridized carbons (Fsp3) is 0.789. The smallest absolute Gasteiger partial charge is 0.422 e. The molecule has 0 aliphatic heterocycles. The highest BCUT2D eigenvalue weighted by Gasteiger charge is 2.26. The first-order valence-corrected chi connectivity index (χ1v) is 9.77. The molecule has 29 heavy (non-hydrogen) atoms. The molecule has 0 rings (SSSR count). The maximum absolute atomic E-state index is 12.8. The fourth-order valence-corrected chi connectivity index (χ4v) is 2.21. The van der Waals surface area contributed by atoms with Crippen LogP contribution in [0.2, 0.25) is 0 Å². The van der Waals surface area contributed by atoms with E-state index in [1.807, 2.05) is 27.7 Å². The summed E-state index contributed by atoms with van der Waals surface area (Å²) in [7, 11) is 0. The van der Waals surface area contributed by atoms with Crippen molar-refractivity contribution in [2.45, 2.75) is 61.0 Å². The topological polar surface area (TPSA) is 117 Å². The highest BCUT2D eigenvalue weighted by Crippen LogP contribution is 2.07. The number of ether oxygens (including phenoxy) is 2. The Morgan fingerprint density at radius 3 is 1.93 bits per heavy atom. The average Bonchev–Trinajstić information content (AvgIpc) is 2.51. The number of hydrogen-bond acceptors (Lipinski definition) is 7. The Bertz CT molecular complexity index is 572. The van der Waals surface area contributed by atoms with Crippen LogP contribution in [-0.2, 0) is 23.9 Å². The molecule has 0 bridgehead atoms. The molecule has 0 aromatic rings. The quantitative estimate of drug-likeness (QED) is 0.349. The van der Waals surface area contributed by atoms with Crippen LogP contribution in [0.4, 0.5) is 4.79 Å². The van der Waals surface area contributed by atoms with E-state index in [1.165, 1.54) is 5.01 Å². The molecule has 0 fully saturated rings. The van der Waals surface area contributed by atoms with Gasteiger partial charge in [-0.1, -0.05) is 27.7 Å². The number of nitrogens with one attached hydrogen (secondary N) is 2. The number of esters is 1. The molecule has 0 aliphatic rings. The van der Waals surface area contributed by atoms with Crippen LogP contribution in [0, 0.1) is 11.8 Å². The minimum absolute atomic E-state index is 0.0267. The van der Waals surface area contributed by atoms with Crippen LogP contribution in [-0.4, -0.2) is 65.7 Å². The second-order valence-corrected chi connectivity index (χ2v) is 8.45. The summed E-state index contributed by atoms with van der Waals surface area (Å²) >= 11 is 0. The number of hydrogen-bond donors (Lipinski definition) is 2. The Morgan fingerprint density at radius 1 is 0.931 bits per heavy atom. The van der Waals surface area contributed by atoms with Crippen LogP contribution in [0.3, 0.4) is 0 Å². The molecule has 0 unspecified atom stereocenters. The number of carbonyl (C=O) groups excluding carboxylic acids is 4. The molecule has 0 saturated heterocycles. The molecule has 168 valence electrons. The standard InChI is InChI=1S/C19H36N4O6/c1-9-28-17(26)16(25)20-23(11-14(4)5)15(24)12-22(10-13(2)3)21-18(27)29-19(6,7)8/h13-14H,9-12H2,1-8H3,(H,20,25)(H,21,27). The predicted octanol–water partition coefficient (Wildman–Crippen LogP) is 1.46. The van der Waals surface area contributed by atoms with Gasteiger partial charge in [0.25, 0.3) is 5.91 Å². The normalized spacial score (nSPS) is 11.4. The summed E-state index contributed by atoms with van der Waals surface area (Å²) in [5, 5.41) is 2.49. The van der Waals surface area contributed by atoms with Crippen LogP contribution >= 0.6 is 0 Å². The van der Waals surface area contributed by atoms with Crippen LogP contribution in [0.5, 0.6) is 0 Å². The van der Waals surface area contributed by atoms with Gasteiger partial charge in [0.1, 0.15) is 5.60 Å². The molecule has 10 nitrogen and oxygen atoms in total. The molecule has 2 N–H and O–H groups in total. The third-order valence-corrected chi connectivity index (χ3v) is 3.11. The van der Waals surface area contributed by atoms with Crippen molar-refractivity contribution >= 4 is 23.9 Å². The molecule has 0 radical (unpaired) electrons. The zero-order chi connectivity index (χ0) is 22.8. The first-order chi connectivity index (χ1) is 13.2. The van der Waals surface area contributed by atoms with Gasteiger partial charge in [0, 0.05) is 13.1 Å². The highest BCUT2D eigenvalue weighted by molar-refractivity contribution is 6.32. The second-order valence-electron chi connectivity index (χ2n) is 8.45. The summed E-state index contributed by atoms with van der Waals surface area (Å²) in [4.78, 5) is 48.4. The monoisotopic (exact) mass is 416 g/mol. The molecule has 0 aromatic heterocycles. The molecule has 0 atom stereocenters. The van der Waals surface area contributed by atoms with Crippen molar-refractivity contribution in [2.75, 3.05) is 26.2 Å². The number of carbonyl (C=O) groups is 4. The summed E-state index contributed by atoms with van der Waals surface area (Å²) in [5.74, 6) is -2.42. The van der Waals surface area contributed by atoms with Crippen LogP contribution in [0.25, 0.3) is 0 Å². The summed E-state index contributed by atoms with van der Waals surface area (Å²) < 4.78 is 9.88. The van der Waals surface area contributed by atoms with Gasteiger partial charge in [-0.25, -0.2) is 14.6 Å². The van der Waals surface area contributed by atoms with E-state index >= 15 is 0 Å². The van der Waals surface area contributed by atoms with Crippen LogP contribution in [0.15, 0.2) is 0 Å². The molecule has 0 heterocycles. The van der Waals surface area contributed by atoms with Gasteiger partial charge in [-0.2, -0.15) is 0 Å². The molecule has 3 amide bonds. The van der Waals surface area contributed by atoms with Crippen LogP contribution in [0.1, 0.15) is 55.4 Å². The van der Waals surface area contributed by atoms with Gasteiger partial charge in [-0.15, -0.1) is 0 Å². The predicted molar refractivity (Wildman–Crippen MR) is 107 cm³/mol. The summed E-state index contributed by atoms with van der Waals surface area (Å²) in [6.45, 7) is 14.8. The lowest BCUT2D eigenvalue weighted by Gasteiger charge is -2.30. The average molecular weight is 417 g/mol. The first-order valence-electron chi connectivity index (χ1n) is 9.77. The van der Waals surface area contributed by atoms with Gasteiger partial charge in [-0.3, -0.25) is 25.4 Å². The van der Waals surface area contributed by atoms with E-state index in [1.54, 1.807) is 27.7 Å². The van der Waals surface area contributed by atoms with E-state index in [-0.39, 0.29) is 31.5 Å². The van der Waals surface area contributed by atoms with Gasteiger partial charge in [-0.05, 0) is 39.5 Å². The van der Waals surface area contributed by atoms with Gasteiger partial charge < -0.3 is 9.47 Å². The Labute approximate surface area is 173 Å². The van der Waals surface area contributed by atoms with Crippen molar-refractivity contribution in [2.24, 2.45) is 11.8 Å². The van der Waals surface area contributed by atoms with E-state index in [4.69, 9.17) is 4.74 Å². The van der Waals surface area contributed by atoms with Gasteiger partial charge in [0.2, 0.25) is 0 Å². The Hall–Kier alpha value is -2.36. The fourth-order valence-electron chi connectivity index (χ4n) is 2.21. The Balaban J connectivity index is 5.21. The molecular formula is C19H36N4O6. The minimum atomic E-state index is -1.07. The van der Waals surface area contributed by atoms with Crippen LogP contribution < -0.4 is 10.9 Å². The lowest BCUT2D eigenvalue weighted by atomic mass is 10.2. The summed E-state index contributed by atoms with van der Waals surface area (Å²) in [5.41, 5.74) is 4.16.